The molecule has 48 valence electrons. The third-order valence-corrected chi connectivity index (χ3v) is 2.09. The standard InChI is InChI=1S/C3H5I2NO2/c4-3(8)2(1-7)6-5/h2,6-7H,1H2. The number of carbonyl (C=O) groups excluding carboxylic acids is 1. The summed E-state index contributed by atoms with van der Waals surface area (Å²) >= 11 is 3.47. The van der Waals surface area contributed by atoms with Crippen LogP contribution in [-0.2, 0) is 4.79 Å². The zero-order valence-electron chi connectivity index (χ0n) is 3.90. The number of nitrogens with one attached hydrogen (secondary N) is 1. The largest absolute Gasteiger partial charge is 0.394 e. The summed E-state index contributed by atoms with van der Waals surface area (Å²) in [5, 5.41) is 8.40. The van der Waals surface area contributed by atoms with Gasteiger partial charge in [-0.1, -0.05) is 0 Å². The summed E-state index contributed by atoms with van der Waals surface area (Å²) in [6.45, 7) is -0.134. The molecule has 1 unspecified atom stereocenters. The van der Waals surface area contributed by atoms with Crippen LogP contribution in [0.1, 0.15) is 0 Å². The molecule has 5 heteroatoms. The van der Waals surface area contributed by atoms with E-state index >= 15 is 0 Å². The molecule has 0 radical (unpaired) electrons. The van der Waals surface area contributed by atoms with E-state index in [0.717, 1.165) is 0 Å². The Hall–Kier alpha value is 1.05. The van der Waals surface area contributed by atoms with Crippen molar-refractivity contribution < 1.29 is 9.90 Å². The van der Waals surface area contributed by atoms with Gasteiger partial charge in [-0.3, -0.25) is 4.79 Å². The summed E-state index contributed by atoms with van der Waals surface area (Å²) in [5.74, 6) is 0. The maximum absolute atomic E-state index is 10.4. The molecule has 0 aromatic heterocycles. The Morgan fingerprint density at radius 1 is 1.88 bits per heavy atom. The lowest BCUT2D eigenvalue weighted by molar-refractivity contribution is -0.111. The Balaban J connectivity index is 3.52. The molecule has 1 atom stereocenters. The van der Waals surface area contributed by atoms with Crippen LogP contribution in [0.25, 0.3) is 0 Å². The second-order valence-corrected chi connectivity index (χ2v) is 2.83. The van der Waals surface area contributed by atoms with E-state index in [4.69, 9.17) is 5.11 Å². The molecule has 0 amide bonds. The van der Waals surface area contributed by atoms with E-state index in [0.29, 0.717) is 0 Å². The lowest BCUT2D eigenvalue weighted by Gasteiger charge is -2.03. The van der Waals surface area contributed by atoms with Gasteiger partial charge in [0, 0.05) is 45.5 Å². The zero-order valence-corrected chi connectivity index (χ0v) is 8.21. The van der Waals surface area contributed by atoms with Crippen molar-refractivity contribution in [2.75, 3.05) is 6.61 Å². The lowest BCUT2D eigenvalue weighted by Crippen LogP contribution is -2.30. The van der Waals surface area contributed by atoms with Crippen molar-refractivity contribution in [1.82, 2.24) is 3.53 Å². The molecule has 2 N–H and O–H groups in total. The predicted molar refractivity (Wildman–Crippen MR) is 47.1 cm³/mol. The van der Waals surface area contributed by atoms with Crippen molar-refractivity contribution in [1.29, 1.82) is 0 Å². The van der Waals surface area contributed by atoms with Crippen LogP contribution in [0.3, 0.4) is 0 Å². The fourth-order valence-corrected chi connectivity index (χ4v) is 1.58. The molecular formula is C3H5I2NO2. The topological polar surface area (TPSA) is 49.3 Å². The second kappa shape index (κ2) is 4.89. The van der Waals surface area contributed by atoms with Gasteiger partial charge in [0.15, 0.2) is 0 Å². The van der Waals surface area contributed by atoms with Gasteiger partial charge < -0.3 is 5.11 Å². The Labute approximate surface area is 74.9 Å². The first-order chi connectivity index (χ1) is 3.72. The monoisotopic (exact) mass is 341 g/mol. The first-order valence-electron chi connectivity index (χ1n) is 1.88. The molecule has 0 rings (SSSR count). The van der Waals surface area contributed by atoms with E-state index in [1.54, 1.807) is 22.6 Å². The molecule has 0 spiro atoms. The summed E-state index contributed by atoms with van der Waals surface area (Å²) < 4.78 is 2.54. The molecule has 0 aliphatic heterocycles. The molecule has 0 aromatic rings. The molecule has 0 saturated carbocycles. The van der Waals surface area contributed by atoms with Crippen LogP contribution >= 0.6 is 45.5 Å². The molecule has 0 aromatic carbocycles. The Bertz CT molecular complexity index is 83.4. The third kappa shape index (κ3) is 3.15. The van der Waals surface area contributed by atoms with E-state index < -0.39 is 6.04 Å². The third-order valence-electron chi connectivity index (χ3n) is 0.588. The Morgan fingerprint density at radius 2 is 2.38 bits per heavy atom. The van der Waals surface area contributed by atoms with E-state index in [1.165, 1.54) is 0 Å². The average Bonchev–Trinajstić information content (AvgIpc) is 1.69. The van der Waals surface area contributed by atoms with Crippen LogP contribution in [0.2, 0.25) is 0 Å². The fourth-order valence-electron chi connectivity index (χ4n) is 0.149. The van der Waals surface area contributed by atoms with Gasteiger partial charge in [0.05, 0.1) is 6.61 Å². The Morgan fingerprint density at radius 3 is 2.38 bits per heavy atom. The van der Waals surface area contributed by atoms with Gasteiger partial charge in [-0.15, -0.1) is 0 Å². The minimum atomic E-state index is -0.406. The first-order valence-corrected chi connectivity index (χ1v) is 4.04. The van der Waals surface area contributed by atoms with Crippen molar-refractivity contribution in [3.8, 4) is 0 Å². The molecule has 3 nitrogen and oxygen atoms in total. The summed E-state index contributed by atoms with van der Waals surface area (Å²) in [6.07, 6.45) is 0. The highest BCUT2D eigenvalue weighted by Crippen LogP contribution is 1.94. The fraction of sp³-hybridized carbons (Fsp3) is 0.667. The van der Waals surface area contributed by atoms with Gasteiger partial charge in [0.2, 0.25) is 3.79 Å². The maximum Gasteiger partial charge on any atom is 0.212 e. The second-order valence-electron chi connectivity index (χ2n) is 1.15. The van der Waals surface area contributed by atoms with Crippen LogP contribution in [0, 0.1) is 0 Å². The van der Waals surface area contributed by atoms with Gasteiger partial charge in [0.25, 0.3) is 0 Å². The smallest absolute Gasteiger partial charge is 0.212 e. The average molecular weight is 341 g/mol. The van der Waals surface area contributed by atoms with Gasteiger partial charge >= 0.3 is 0 Å². The van der Waals surface area contributed by atoms with Crippen molar-refractivity contribution in [2.24, 2.45) is 0 Å². The number of aliphatic hydroxyl groups is 1. The molecule has 0 saturated heterocycles. The molecule has 0 bridgehead atoms. The van der Waals surface area contributed by atoms with Crippen LogP contribution in [0.15, 0.2) is 0 Å². The Kier molecular flexibility index (Phi) is 5.53. The molecule has 0 fully saturated rings. The maximum atomic E-state index is 10.4. The lowest BCUT2D eigenvalue weighted by atomic mass is 10.4. The van der Waals surface area contributed by atoms with Crippen LogP contribution in [0.5, 0.6) is 0 Å². The van der Waals surface area contributed by atoms with Crippen LogP contribution in [-0.4, -0.2) is 21.5 Å². The number of rotatable bonds is 3. The number of aliphatic hydroxyl groups excluding tert-OH is 1. The molecule has 0 aliphatic carbocycles. The van der Waals surface area contributed by atoms with Crippen molar-refractivity contribution in [3.05, 3.63) is 0 Å². The quantitative estimate of drug-likeness (QED) is 0.440. The van der Waals surface area contributed by atoms with Gasteiger partial charge in [0.1, 0.15) is 6.04 Å². The first kappa shape index (κ1) is 9.05. The van der Waals surface area contributed by atoms with Crippen LogP contribution in [0.4, 0.5) is 0 Å². The zero-order chi connectivity index (χ0) is 6.57. The molecular weight excluding hydrogens is 336 g/mol. The summed E-state index contributed by atoms with van der Waals surface area (Å²) in [6, 6.07) is -0.406. The number of halogens is 2. The highest BCUT2D eigenvalue weighted by Gasteiger charge is 2.10. The van der Waals surface area contributed by atoms with E-state index in [2.05, 4.69) is 3.53 Å². The number of carbonyl (C=O) groups is 1. The van der Waals surface area contributed by atoms with Gasteiger partial charge in [-0.25, -0.2) is 3.53 Å². The molecule has 0 heterocycles. The summed E-state index contributed by atoms with van der Waals surface area (Å²) in [5.41, 5.74) is 0. The highest BCUT2D eigenvalue weighted by atomic mass is 127. The normalized spacial score (nSPS) is 13.4. The number of hydrogen-bond acceptors (Lipinski definition) is 3. The SMILES string of the molecule is O=C(I)C(CO)NI. The van der Waals surface area contributed by atoms with Gasteiger partial charge in [-0.2, -0.15) is 0 Å². The van der Waals surface area contributed by atoms with Gasteiger partial charge in [-0.05, 0) is 0 Å². The van der Waals surface area contributed by atoms with Crippen molar-refractivity contribution in [2.45, 2.75) is 6.04 Å². The van der Waals surface area contributed by atoms with Crippen molar-refractivity contribution in [3.63, 3.8) is 0 Å². The molecule has 0 aliphatic rings. The van der Waals surface area contributed by atoms with E-state index in [1.807, 2.05) is 22.9 Å². The van der Waals surface area contributed by atoms with E-state index in [-0.39, 0.29) is 10.4 Å². The predicted octanol–water partition coefficient (Wildman–Crippen LogP) is 0.249. The minimum absolute atomic E-state index is 0.0699. The summed E-state index contributed by atoms with van der Waals surface area (Å²) in [7, 11) is 0. The summed E-state index contributed by atoms with van der Waals surface area (Å²) in [4.78, 5) is 10.4. The highest BCUT2D eigenvalue weighted by molar-refractivity contribution is 14.1. The number of hydrogen-bond donors (Lipinski definition) is 2. The molecule has 8 heavy (non-hydrogen) atoms. The van der Waals surface area contributed by atoms with Crippen LogP contribution < -0.4 is 3.53 Å². The van der Waals surface area contributed by atoms with E-state index in [9.17, 15) is 4.79 Å². The minimum Gasteiger partial charge on any atom is -0.394 e. The van der Waals surface area contributed by atoms with Crippen molar-refractivity contribution >= 4 is 49.2 Å².